The number of nitrogens with zero attached hydrogens (tertiary/aromatic N) is 5. The maximum Gasteiger partial charge on any atom is 0.164 e. The number of hydrogen-bond donors (Lipinski definition) is 0. The van der Waals surface area contributed by atoms with E-state index in [1.807, 2.05) is 18.2 Å². The molecule has 0 unspecified atom stereocenters. The van der Waals surface area contributed by atoms with Crippen LogP contribution in [0.4, 0.5) is 0 Å². The molecule has 0 saturated heterocycles. The van der Waals surface area contributed by atoms with Gasteiger partial charge in [-0.3, -0.25) is 0 Å². The molecule has 12 rings (SSSR count). The number of hydrogen-bond acceptors (Lipinski definition) is 3. The Balaban J connectivity index is 1.23. The van der Waals surface area contributed by atoms with Gasteiger partial charge < -0.3 is 8.80 Å². The normalized spacial score (nSPS) is 12.1. The number of fused-ring (bicyclic) bond motifs is 12. The third kappa shape index (κ3) is 4.12. The van der Waals surface area contributed by atoms with Gasteiger partial charge in [-0.2, -0.15) is 0 Å². The van der Waals surface area contributed by atoms with E-state index < -0.39 is 0 Å². The van der Waals surface area contributed by atoms with Crippen molar-refractivity contribution in [1.82, 2.24) is 23.8 Å². The van der Waals surface area contributed by atoms with Crippen LogP contribution in [0.25, 0.3) is 110 Å². The van der Waals surface area contributed by atoms with Gasteiger partial charge >= 0.3 is 0 Å². The minimum absolute atomic E-state index is 0.631. The first-order chi connectivity index (χ1) is 26.8. The van der Waals surface area contributed by atoms with E-state index in [0.29, 0.717) is 17.5 Å². The second-order valence-corrected chi connectivity index (χ2v) is 14.0. The Morgan fingerprint density at radius 1 is 0.278 bits per heavy atom. The summed E-state index contributed by atoms with van der Waals surface area (Å²) in [5.74, 6) is 1.92. The molecule has 0 spiro atoms. The lowest BCUT2D eigenvalue weighted by atomic mass is 10.0. The molecule has 0 amide bonds. The highest BCUT2D eigenvalue weighted by atomic mass is 15.0. The fraction of sp³-hybridized carbons (Fsp3) is 0. The Labute approximate surface area is 309 Å². The van der Waals surface area contributed by atoms with E-state index in [1.165, 1.54) is 49.0 Å². The van der Waals surface area contributed by atoms with Crippen molar-refractivity contribution in [1.29, 1.82) is 0 Å². The summed E-state index contributed by atoms with van der Waals surface area (Å²) in [7, 11) is 0. The van der Waals surface area contributed by atoms with Gasteiger partial charge in [0, 0.05) is 49.0 Å². The lowest BCUT2D eigenvalue weighted by Gasteiger charge is -2.13. The molecule has 12 aromatic rings. The minimum Gasteiger partial charge on any atom is -0.307 e. The molecule has 0 radical (unpaired) electrons. The first-order valence-electron chi connectivity index (χ1n) is 18.3. The first kappa shape index (κ1) is 29.2. The van der Waals surface area contributed by atoms with Crippen molar-refractivity contribution in [2.45, 2.75) is 0 Å². The summed E-state index contributed by atoms with van der Waals surface area (Å²) >= 11 is 0. The van der Waals surface area contributed by atoms with Crippen LogP contribution in [0.5, 0.6) is 0 Å². The van der Waals surface area contributed by atoms with Gasteiger partial charge in [0.05, 0.1) is 33.1 Å². The molecule has 0 saturated carbocycles. The van der Waals surface area contributed by atoms with Gasteiger partial charge in [0.2, 0.25) is 0 Å². The van der Waals surface area contributed by atoms with Crippen LogP contribution in [-0.4, -0.2) is 23.8 Å². The number of rotatable bonds is 3. The molecule has 4 heterocycles. The van der Waals surface area contributed by atoms with Crippen LogP contribution < -0.4 is 0 Å². The van der Waals surface area contributed by atoms with Crippen molar-refractivity contribution in [3.05, 3.63) is 176 Å². The topological polar surface area (TPSA) is 47.5 Å². The Hall–Kier alpha value is -7.37. The quantitative estimate of drug-likeness (QED) is 0.186. The average Bonchev–Trinajstić information content (AvgIpc) is 3.76. The molecule has 8 aromatic carbocycles. The van der Waals surface area contributed by atoms with E-state index in [4.69, 9.17) is 15.0 Å². The Bertz CT molecular complexity index is 3500. The molecule has 0 fully saturated rings. The average molecular weight is 688 g/mol. The SMILES string of the molecule is c1ccc(-c2nc(-c3ccc4ccccc4c3)nc(-c3ccc4c(c3)c3ccccc3n3c5ccccc5c5ccc6c7ccccc7n4c6c53)n2)cc1. The standard InChI is InChI=1S/C49H29N5/c1-2-13-31(14-3-1)47-50-48(33-23-22-30-12-4-5-15-32(30)28-33)52-49(51-47)34-24-27-44-40(29-34)37-18-8-11-21-43(37)53-41-19-9-6-16-35(41)38-25-26-39-36-17-7-10-20-42(36)54(44)46(39)45(38)53/h1-29H. The molecule has 0 atom stereocenters. The van der Waals surface area contributed by atoms with Crippen molar-refractivity contribution in [2.75, 3.05) is 0 Å². The van der Waals surface area contributed by atoms with Gasteiger partial charge in [0.25, 0.3) is 0 Å². The molecule has 250 valence electrons. The van der Waals surface area contributed by atoms with Crippen LogP contribution in [-0.2, 0) is 0 Å². The highest BCUT2D eigenvalue weighted by Gasteiger charge is 2.21. The second kappa shape index (κ2) is 11.1. The molecule has 0 aliphatic rings. The molecule has 54 heavy (non-hydrogen) atoms. The Morgan fingerprint density at radius 2 is 0.722 bits per heavy atom. The summed E-state index contributed by atoms with van der Waals surface area (Å²) < 4.78 is 4.95. The fourth-order valence-electron chi connectivity index (χ4n) is 8.66. The third-order valence-corrected chi connectivity index (χ3v) is 11.1. The molecule has 5 nitrogen and oxygen atoms in total. The molecular weight excluding hydrogens is 659 g/mol. The van der Waals surface area contributed by atoms with Crippen LogP contribution >= 0.6 is 0 Å². The largest absolute Gasteiger partial charge is 0.307 e. The van der Waals surface area contributed by atoms with Crippen LogP contribution in [0.2, 0.25) is 0 Å². The van der Waals surface area contributed by atoms with Crippen LogP contribution in [0.15, 0.2) is 176 Å². The molecule has 0 bridgehead atoms. The van der Waals surface area contributed by atoms with Crippen molar-refractivity contribution >= 4 is 76.2 Å². The lowest BCUT2D eigenvalue weighted by Crippen LogP contribution is -2.00. The zero-order valence-corrected chi connectivity index (χ0v) is 29.0. The zero-order valence-electron chi connectivity index (χ0n) is 29.0. The molecular formula is C49H29N5. The van der Waals surface area contributed by atoms with E-state index in [0.717, 1.165) is 43.9 Å². The van der Waals surface area contributed by atoms with Crippen molar-refractivity contribution < 1.29 is 0 Å². The predicted octanol–water partition coefficient (Wildman–Crippen LogP) is 12.3. The van der Waals surface area contributed by atoms with Gasteiger partial charge in [-0.1, -0.05) is 133 Å². The van der Waals surface area contributed by atoms with Crippen LogP contribution in [0, 0.1) is 0 Å². The summed E-state index contributed by atoms with van der Waals surface area (Å²) in [5, 5.41) is 9.54. The molecule has 5 heteroatoms. The van der Waals surface area contributed by atoms with Crippen molar-refractivity contribution in [2.24, 2.45) is 0 Å². The van der Waals surface area contributed by atoms with Crippen molar-refractivity contribution in [3.8, 4) is 34.2 Å². The van der Waals surface area contributed by atoms with Crippen LogP contribution in [0.1, 0.15) is 0 Å². The number of benzene rings is 8. The third-order valence-electron chi connectivity index (χ3n) is 11.1. The summed E-state index contributed by atoms with van der Waals surface area (Å²) in [6.07, 6.45) is 0. The zero-order chi connectivity index (χ0) is 35.3. The summed E-state index contributed by atoms with van der Waals surface area (Å²) in [5.41, 5.74) is 9.87. The highest BCUT2D eigenvalue weighted by Crippen LogP contribution is 2.42. The van der Waals surface area contributed by atoms with E-state index in [2.05, 4.69) is 167 Å². The summed E-state index contributed by atoms with van der Waals surface area (Å²) in [4.78, 5) is 15.4. The van der Waals surface area contributed by atoms with E-state index >= 15 is 0 Å². The maximum atomic E-state index is 5.20. The van der Waals surface area contributed by atoms with Crippen molar-refractivity contribution in [3.63, 3.8) is 0 Å². The molecule has 0 aliphatic carbocycles. The summed E-state index contributed by atoms with van der Waals surface area (Å²) in [6, 6.07) is 62.7. The van der Waals surface area contributed by atoms with E-state index in [-0.39, 0.29) is 0 Å². The lowest BCUT2D eigenvalue weighted by molar-refractivity contribution is 1.07. The van der Waals surface area contributed by atoms with Crippen LogP contribution in [0.3, 0.4) is 0 Å². The molecule has 4 aromatic heterocycles. The van der Waals surface area contributed by atoms with Gasteiger partial charge in [0.1, 0.15) is 0 Å². The van der Waals surface area contributed by atoms with E-state index in [1.54, 1.807) is 0 Å². The number of para-hydroxylation sites is 3. The monoisotopic (exact) mass is 687 g/mol. The predicted molar refractivity (Wildman–Crippen MR) is 223 cm³/mol. The first-order valence-corrected chi connectivity index (χ1v) is 18.3. The Kier molecular flexibility index (Phi) is 5.99. The molecule has 0 aliphatic heterocycles. The Morgan fingerprint density at radius 3 is 1.33 bits per heavy atom. The molecule has 0 N–H and O–H groups in total. The smallest absolute Gasteiger partial charge is 0.164 e. The van der Waals surface area contributed by atoms with Gasteiger partial charge in [0.15, 0.2) is 17.5 Å². The second-order valence-electron chi connectivity index (χ2n) is 14.0. The van der Waals surface area contributed by atoms with Gasteiger partial charge in [-0.05, 0) is 53.2 Å². The fourth-order valence-corrected chi connectivity index (χ4v) is 8.66. The maximum absolute atomic E-state index is 5.20. The van der Waals surface area contributed by atoms with Gasteiger partial charge in [-0.25, -0.2) is 15.0 Å². The van der Waals surface area contributed by atoms with E-state index in [9.17, 15) is 0 Å². The minimum atomic E-state index is 0.631. The highest BCUT2D eigenvalue weighted by molar-refractivity contribution is 6.25. The number of aromatic nitrogens is 5. The summed E-state index contributed by atoms with van der Waals surface area (Å²) in [6.45, 7) is 0. The van der Waals surface area contributed by atoms with Gasteiger partial charge in [-0.15, -0.1) is 0 Å².